The molecule has 10 nitrogen and oxygen atoms in total. The van der Waals surface area contributed by atoms with E-state index >= 15 is 0 Å². The molecule has 0 saturated carbocycles. The molecular weight excluding hydrogens is 687 g/mol. The van der Waals surface area contributed by atoms with Crippen LogP contribution in [-0.2, 0) is 17.7 Å². The van der Waals surface area contributed by atoms with E-state index in [-0.39, 0.29) is 36.1 Å². The molecule has 0 unspecified atom stereocenters. The predicted octanol–water partition coefficient (Wildman–Crippen LogP) is 6.76. The van der Waals surface area contributed by atoms with Crippen molar-refractivity contribution in [2.24, 2.45) is 5.92 Å². The van der Waals surface area contributed by atoms with E-state index in [4.69, 9.17) is 19.2 Å². The van der Waals surface area contributed by atoms with Gasteiger partial charge in [-0.25, -0.2) is 4.98 Å². The Morgan fingerprint density at radius 2 is 1.74 bits per heavy atom. The molecule has 2 saturated heterocycles. The number of rotatable bonds is 10. The second-order valence-corrected chi connectivity index (χ2v) is 15.8. The van der Waals surface area contributed by atoms with Gasteiger partial charge in [-0.2, -0.15) is 0 Å². The van der Waals surface area contributed by atoms with Crippen molar-refractivity contribution in [1.29, 1.82) is 0 Å². The van der Waals surface area contributed by atoms with E-state index < -0.39 is 5.79 Å². The van der Waals surface area contributed by atoms with E-state index in [0.29, 0.717) is 28.2 Å². The third kappa shape index (κ3) is 7.98. The SMILES string of the molecule is CSc1cc(C)[nH]c(=O)c1CNC(=O)c1cc(-c2ccc(N3C[C@@H](C)O[C@@H](C)C3)nc2)c2c(c1C)O[C@@](C)(C1CCN(CCc3ccccc3)CC1)O2. The van der Waals surface area contributed by atoms with Crippen molar-refractivity contribution in [2.75, 3.05) is 43.9 Å². The summed E-state index contributed by atoms with van der Waals surface area (Å²) in [4.78, 5) is 40.3. The molecule has 0 aliphatic carbocycles. The minimum atomic E-state index is -0.891. The lowest BCUT2D eigenvalue weighted by Gasteiger charge is -2.39. The largest absolute Gasteiger partial charge is 0.448 e. The lowest BCUT2D eigenvalue weighted by molar-refractivity contribution is -0.124. The van der Waals surface area contributed by atoms with E-state index in [1.807, 2.05) is 57.5 Å². The molecule has 2 aromatic carbocycles. The maximum absolute atomic E-state index is 14.0. The Kier molecular flexibility index (Phi) is 10.9. The first-order valence-electron chi connectivity index (χ1n) is 18.7. The number of anilines is 1. The number of nitrogens with one attached hydrogen (secondary N) is 2. The second kappa shape index (κ2) is 15.6. The van der Waals surface area contributed by atoms with Crippen molar-refractivity contribution in [2.45, 2.75) is 83.3 Å². The van der Waals surface area contributed by atoms with Crippen LogP contribution in [0.15, 0.2) is 70.5 Å². The van der Waals surface area contributed by atoms with Crippen molar-refractivity contribution >= 4 is 23.5 Å². The molecule has 0 radical (unpaired) electrons. The number of nitrogens with zero attached hydrogens (tertiary/aromatic N) is 3. The highest BCUT2D eigenvalue weighted by Gasteiger charge is 2.47. The zero-order chi connectivity index (χ0) is 37.3. The van der Waals surface area contributed by atoms with Crippen LogP contribution >= 0.6 is 11.8 Å². The number of ether oxygens (including phenoxy) is 3. The highest BCUT2D eigenvalue weighted by Crippen LogP contribution is 2.52. The van der Waals surface area contributed by atoms with Crippen LogP contribution in [0.25, 0.3) is 11.1 Å². The molecule has 2 aromatic heterocycles. The van der Waals surface area contributed by atoms with Gasteiger partial charge in [-0.3, -0.25) is 9.59 Å². The molecule has 3 aliphatic heterocycles. The number of likely N-dealkylation sites (tertiary alicyclic amines) is 1. The molecule has 2 N–H and O–H groups in total. The van der Waals surface area contributed by atoms with Gasteiger partial charge in [0.25, 0.3) is 17.3 Å². The summed E-state index contributed by atoms with van der Waals surface area (Å²) >= 11 is 1.49. The van der Waals surface area contributed by atoms with Crippen molar-refractivity contribution < 1.29 is 19.0 Å². The first kappa shape index (κ1) is 37.0. The number of amides is 1. The number of H-pyrrole nitrogens is 1. The Morgan fingerprint density at radius 1 is 1.02 bits per heavy atom. The van der Waals surface area contributed by atoms with Gasteiger partial charge in [0.05, 0.1) is 12.2 Å². The lowest BCUT2D eigenvalue weighted by atomic mass is 9.89. The minimum absolute atomic E-state index is 0.0983. The number of carbonyl (C=O) groups is 1. The van der Waals surface area contributed by atoms with E-state index in [9.17, 15) is 9.59 Å². The number of piperidine rings is 1. The molecule has 280 valence electrons. The van der Waals surface area contributed by atoms with E-state index in [0.717, 1.165) is 79.5 Å². The Balaban J connectivity index is 1.15. The number of hydrogen-bond donors (Lipinski definition) is 2. The van der Waals surface area contributed by atoms with Gasteiger partial charge in [-0.1, -0.05) is 30.3 Å². The Labute approximate surface area is 316 Å². The molecule has 0 bridgehead atoms. The molecule has 5 heterocycles. The van der Waals surface area contributed by atoms with Gasteiger partial charge in [-0.05, 0) is 96.1 Å². The van der Waals surface area contributed by atoms with Crippen molar-refractivity contribution in [3.05, 3.63) is 99.1 Å². The highest BCUT2D eigenvalue weighted by atomic mass is 32.2. The molecule has 7 rings (SSSR count). The lowest BCUT2D eigenvalue weighted by Crippen LogP contribution is -2.48. The van der Waals surface area contributed by atoms with E-state index in [2.05, 4.69) is 64.3 Å². The standard InChI is InChI=1S/C42H51N5O5S/c1-26-20-36(53-6)35(41(49)45-26)23-44-40(48)33-21-34(31-12-13-37(43-22-31)47-24-27(2)50-28(3)25-47)39-38(29(33)4)51-42(5,52-39)32-15-18-46(19-16-32)17-14-30-10-8-7-9-11-30/h7-13,20-22,27-28,32H,14-19,23-25H2,1-6H3,(H,44,48)(H,45,49)/t27-,28+,42-/m1/s1. The second-order valence-electron chi connectivity index (χ2n) is 14.9. The van der Waals surface area contributed by atoms with Crippen LogP contribution in [0.2, 0.25) is 0 Å². The molecule has 3 atom stereocenters. The zero-order valence-electron chi connectivity index (χ0n) is 31.7. The smallest absolute Gasteiger partial charge is 0.254 e. The topological polar surface area (TPSA) is 109 Å². The van der Waals surface area contributed by atoms with Crippen LogP contribution in [-0.4, -0.2) is 77.7 Å². The Hall–Kier alpha value is -4.32. The third-order valence-electron chi connectivity index (χ3n) is 10.9. The van der Waals surface area contributed by atoms with Crippen LogP contribution in [0.1, 0.15) is 66.4 Å². The summed E-state index contributed by atoms with van der Waals surface area (Å²) < 4.78 is 19.7. The quantitative estimate of drug-likeness (QED) is 0.171. The van der Waals surface area contributed by atoms with E-state index in [1.165, 1.54) is 17.3 Å². The molecule has 3 aliphatic rings. The summed E-state index contributed by atoms with van der Waals surface area (Å²) in [6.07, 6.45) is 6.92. The number of fused-ring (bicyclic) bond motifs is 1. The van der Waals surface area contributed by atoms with Crippen molar-refractivity contribution in [3.8, 4) is 22.6 Å². The first-order valence-corrected chi connectivity index (χ1v) is 20.0. The van der Waals surface area contributed by atoms with Crippen LogP contribution in [0.5, 0.6) is 11.5 Å². The molecule has 4 aromatic rings. The molecule has 1 amide bonds. The molecule has 11 heteroatoms. The molecule has 0 spiro atoms. The van der Waals surface area contributed by atoms with Gasteiger partial charge in [0, 0.05) is 83.6 Å². The molecular formula is C42H51N5O5S. The summed E-state index contributed by atoms with van der Waals surface area (Å²) in [5.74, 6) is 1.08. The normalized spacial score (nSPS) is 21.9. The monoisotopic (exact) mass is 737 g/mol. The van der Waals surface area contributed by atoms with Gasteiger partial charge < -0.3 is 34.3 Å². The minimum Gasteiger partial charge on any atom is -0.448 e. The summed E-state index contributed by atoms with van der Waals surface area (Å²) in [6, 6.07) is 18.5. The summed E-state index contributed by atoms with van der Waals surface area (Å²) in [5, 5.41) is 3.03. The first-order chi connectivity index (χ1) is 25.5. The summed E-state index contributed by atoms with van der Waals surface area (Å²) in [6.45, 7) is 14.6. The zero-order valence-corrected chi connectivity index (χ0v) is 32.5. The number of carbonyl (C=O) groups excluding carboxylic acids is 1. The van der Waals surface area contributed by atoms with Gasteiger partial charge in [0.15, 0.2) is 11.5 Å². The van der Waals surface area contributed by atoms with Crippen LogP contribution in [0.3, 0.4) is 0 Å². The number of aromatic nitrogens is 2. The highest BCUT2D eigenvalue weighted by molar-refractivity contribution is 7.98. The van der Waals surface area contributed by atoms with Crippen molar-refractivity contribution in [1.82, 2.24) is 20.2 Å². The third-order valence-corrected chi connectivity index (χ3v) is 11.7. The van der Waals surface area contributed by atoms with Gasteiger partial charge in [0.2, 0.25) is 0 Å². The average Bonchev–Trinajstić information content (AvgIpc) is 3.52. The Bertz CT molecular complexity index is 1990. The maximum Gasteiger partial charge on any atom is 0.254 e. The number of morpholine rings is 1. The number of aryl methyl sites for hydroxylation is 1. The predicted molar refractivity (Wildman–Crippen MR) is 210 cm³/mol. The summed E-state index contributed by atoms with van der Waals surface area (Å²) in [5.41, 5.74) is 5.22. The van der Waals surface area contributed by atoms with Gasteiger partial charge in [0.1, 0.15) is 5.82 Å². The fraction of sp³-hybridized carbons (Fsp3) is 0.452. The maximum atomic E-state index is 14.0. The number of aromatic amines is 1. The van der Waals surface area contributed by atoms with E-state index in [1.54, 1.807) is 0 Å². The van der Waals surface area contributed by atoms with Gasteiger partial charge in [-0.15, -0.1) is 11.8 Å². The van der Waals surface area contributed by atoms with Crippen LogP contribution < -0.4 is 25.2 Å². The van der Waals surface area contributed by atoms with Gasteiger partial charge >= 0.3 is 0 Å². The number of thioether (sulfide) groups is 1. The van der Waals surface area contributed by atoms with Crippen LogP contribution in [0.4, 0.5) is 5.82 Å². The average molecular weight is 738 g/mol. The molecule has 2 fully saturated rings. The number of hydrogen-bond acceptors (Lipinski definition) is 9. The fourth-order valence-electron chi connectivity index (χ4n) is 8.01. The number of pyridine rings is 2. The van der Waals surface area contributed by atoms with Crippen LogP contribution in [0, 0.1) is 19.8 Å². The number of benzene rings is 2. The summed E-state index contributed by atoms with van der Waals surface area (Å²) in [7, 11) is 0. The fourth-order valence-corrected chi connectivity index (χ4v) is 8.72. The van der Waals surface area contributed by atoms with Crippen molar-refractivity contribution in [3.63, 3.8) is 0 Å². The Morgan fingerprint density at radius 3 is 2.42 bits per heavy atom. The molecule has 53 heavy (non-hydrogen) atoms.